The molecule has 2 rings (SSSR count). The molecule has 1 heterocycles. The number of nitro benzene ring substituents is 1. The molecule has 21 heavy (non-hydrogen) atoms. The maximum absolute atomic E-state index is 11.9. The Balaban J connectivity index is 2.42. The van der Waals surface area contributed by atoms with Crippen molar-refractivity contribution in [3.63, 3.8) is 0 Å². The van der Waals surface area contributed by atoms with Gasteiger partial charge in [-0.1, -0.05) is 15.9 Å². The molecule has 0 unspecified atom stereocenters. The van der Waals surface area contributed by atoms with E-state index in [1.54, 1.807) is 26.8 Å². The summed E-state index contributed by atoms with van der Waals surface area (Å²) in [5.41, 5.74) is -0.427. The minimum absolute atomic E-state index is 0.111. The van der Waals surface area contributed by atoms with E-state index in [-0.39, 0.29) is 12.2 Å². The number of hydrogen-bond donors (Lipinski definition) is 0. The van der Waals surface area contributed by atoms with E-state index in [1.807, 2.05) is 0 Å². The first-order valence-corrected chi connectivity index (χ1v) is 6.98. The van der Waals surface area contributed by atoms with E-state index in [0.717, 1.165) is 0 Å². The third kappa shape index (κ3) is 3.57. The third-order valence-electron chi connectivity index (χ3n) is 2.57. The Hall–Kier alpha value is -1.96. The fraction of sp³-hybridized carbons (Fsp3) is 0.385. The molecule has 0 saturated heterocycles. The molecule has 8 heteroatoms. The van der Waals surface area contributed by atoms with Gasteiger partial charge in [-0.15, -0.1) is 0 Å². The van der Waals surface area contributed by atoms with Crippen LogP contribution in [0.4, 0.5) is 5.69 Å². The van der Waals surface area contributed by atoms with E-state index in [9.17, 15) is 14.9 Å². The number of nitrogens with zero attached hydrogens (tertiary/aromatic N) is 3. The average molecular weight is 356 g/mol. The highest BCUT2D eigenvalue weighted by Gasteiger charge is 2.22. The lowest BCUT2D eigenvalue weighted by molar-refractivity contribution is -0.383. The fourth-order valence-electron chi connectivity index (χ4n) is 1.93. The molecule has 0 aliphatic rings. The van der Waals surface area contributed by atoms with Crippen LogP contribution in [-0.4, -0.2) is 26.3 Å². The van der Waals surface area contributed by atoms with Crippen LogP contribution in [0.15, 0.2) is 22.8 Å². The molecule has 0 radical (unpaired) electrons. The summed E-state index contributed by atoms with van der Waals surface area (Å²) in [5.74, 6) is -0.496. The zero-order valence-corrected chi connectivity index (χ0v) is 13.4. The molecule has 0 saturated carbocycles. The van der Waals surface area contributed by atoms with E-state index < -0.39 is 16.5 Å². The molecule has 0 amide bonds. The Kier molecular flexibility index (Phi) is 3.99. The maximum atomic E-state index is 11.9. The molecule has 0 bridgehead atoms. The molecule has 0 N–H and O–H groups in total. The van der Waals surface area contributed by atoms with Crippen LogP contribution in [-0.2, 0) is 16.1 Å². The van der Waals surface area contributed by atoms with Crippen molar-refractivity contribution in [1.82, 2.24) is 9.78 Å². The largest absolute Gasteiger partial charge is 0.459 e. The van der Waals surface area contributed by atoms with Crippen LogP contribution in [0.25, 0.3) is 10.9 Å². The molecule has 7 nitrogen and oxygen atoms in total. The number of halogens is 1. The van der Waals surface area contributed by atoms with Crippen molar-refractivity contribution in [2.24, 2.45) is 0 Å². The lowest BCUT2D eigenvalue weighted by Crippen LogP contribution is -2.26. The normalized spacial score (nSPS) is 11.6. The number of ether oxygens (including phenoxy) is 1. The predicted molar refractivity (Wildman–Crippen MR) is 79.9 cm³/mol. The standard InChI is InChI=1S/C13H14BrN3O4/c1-13(2,3)21-11(18)7-16-12-8(6-15-16)4-9(14)5-10(12)17(19)20/h4-6H,7H2,1-3H3. The number of rotatable bonds is 3. The summed E-state index contributed by atoms with van der Waals surface area (Å²) in [6.45, 7) is 5.09. The Morgan fingerprint density at radius 2 is 2.14 bits per heavy atom. The summed E-state index contributed by atoms with van der Waals surface area (Å²) in [6, 6.07) is 3.09. The predicted octanol–water partition coefficient (Wildman–Crippen LogP) is 3.05. The van der Waals surface area contributed by atoms with E-state index in [0.29, 0.717) is 15.4 Å². The van der Waals surface area contributed by atoms with Crippen LogP contribution in [0.3, 0.4) is 0 Å². The number of benzene rings is 1. The zero-order valence-electron chi connectivity index (χ0n) is 11.8. The molecule has 0 atom stereocenters. The monoisotopic (exact) mass is 355 g/mol. The van der Waals surface area contributed by atoms with Crippen LogP contribution in [0, 0.1) is 10.1 Å². The molecule has 0 fully saturated rings. The van der Waals surface area contributed by atoms with Gasteiger partial charge in [-0.3, -0.25) is 14.9 Å². The lowest BCUT2D eigenvalue weighted by atomic mass is 10.2. The third-order valence-corrected chi connectivity index (χ3v) is 3.03. The van der Waals surface area contributed by atoms with Crippen LogP contribution in [0.5, 0.6) is 0 Å². The summed E-state index contributed by atoms with van der Waals surface area (Å²) < 4.78 is 7.07. The average Bonchev–Trinajstić information content (AvgIpc) is 2.68. The van der Waals surface area contributed by atoms with Crippen molar-refractivity contribution in [3.05, 3.63) is 32.9 Å². The van der Waals surface area contributed by atoms with Gasteiger partial charge >= 0.3 is 5.97 Å². The molecule has 0 aliphatic heterocycles. The Morgan fingerprint density at radius 1 is 1.48 bits per heavy atom. The summed E-state index contributed by atoms with van der Waals surface area (Å²) in [5, 5.41) is 15.8. The van der Waals surface area contributed by atoms with Gasteiger partial charge in [0.1, 0.15) is 17.7 Å². The van der Waals surface area contributed by atoms with E-state index in [4.69, 9.17) is 4.74 Å². The van der Waals surface area contributed by atoms with Crippen molar-refractivity contribution in [2.45, 2.75) is 32.9 Å². The molecule has 0 aliphatic carbocycles. The quantitative estimate of drug-likeness (QED) is 0.479. The number of hydrogen-bond acceptors (Lipinski definition) is 5. The minimum Gasteiger partial charge on any atom is -0.459 e. The number of fused-ring (bicyclic) bond motifs is 1. The minimum atomic E-state index is -0.616. The zero-order chi connectivity index (χ0) is 15.8. The number of carbonyl (C=O) groups is 1. The number of aromatic nitrogens is 2. The van der Waals surface area contributed by atoms with Gasteiger partial charge in [0, 0.05) is 15.9 Å². The smallest absolute Gasteiger partial charge is 0.328 e. The number of nitro groups is 1. The van der Waals surface area contributed by atoms with Crippen LogP contribution in [0.2, 0.25) is 0 Å². The molecule has 1 aromatic heterocycles. The molecule has 0 spiro atoms. The summed E-state index contributed by atoms with van der Waals surface area (Å²) in [4.78, 5) is 22.5. The topological polar surface area (TPSA) is 87.3 Å². The molecule has 112 valence electrons. The van der Waals surface area contributed by atoms with Gasteiger partial charge in [0.2, 0.25) is 0 Å². The van der Waals surface area contributed by atoms with E-state index >= 15 is 0 Å². The second kappa shape index (κ2) is 5.44. The summed E-state index contributed by atoms with van der Waals surface area (Å²) in [6.07, 6.45) is 1.48. The first-order valence-electron chi connectivity index (χ1n) is 6.19. The Labute approximate surface area is 129 Å². The molecule has 1 aromatic carbocycles. The fourth-order valence-corrected chi connectivity index (χ4v) is 2.39. The molecule has 2 aromatic rings. The van der Waals surface area contributed by atoms with Crippen LogP contribution in [0.1, 0.15) is 20.8 Å². The lowest BCUT2D eigenvalue weighted by Gasteiger charge is -2.19. The SMILES string of the molecule is CC(C)(C)OC(=O)Cn1ncc2cc(Br)cc([N+](=O)[O-])c21. The van der Waals surface area contributed by atoms with Crippen molar-refractivity contribution >= 4 is 38.5 Å². The van der Waals surface area contributed by atoms with Gasteiger partial charge in [0.05, 0.1) is 11.1 Å². The highest BCUT2D eigenvalue weighted by molar-refractivity contribution is 9.10. The van der Waals surface area contributed by atoms with E-state index in [1.165, 1.54) is 16.9 Å². The van der Waals surface area contributed by atoms with Crippen molar-refractivity contribution < 1.29 is 14.5 Å². The first-order chi connectivity index (χ1) is 9.67. The Bertz CT molecular complexity index is 718. The van der Waals surface area contributed by atoms with E-state index in [2.05, 4.69) is 21.0 Å². The molecular formula is C13H14BrN3O4. The molecular weight excluding hydrogens is 342 g/mol. The van der Waals surface area contributed by atoms with Crippen molar-refractivity contribution in [2.75, 3.05) is 0 Å². The van der Waals surface area contributed by atoms with Gasteiger partial charge < -0.3 is 4.74 Å². The highest BCUT2D eigenvalue weighted by Crippen LogP contribution is 2.29. The summed E-state index contributed by atoms with van der Waals surface area (Å²) >= 11 is 3.22. The number of non-ortho nitro benzene ring substituents is 1. The van der Waals surface area contributed by atoms with Gasteiger partial charge in [-0.25, -0.2) is 4.68 Å². The first kappa shape index (κ1) is 15.4. The van der Waals surface area contributed by atoms with Gasteiger partial charge in [0.25, 0.3) is 5.69 Å². The second-order valence-electron chi connectivity index (χ2n) is 5.51. The summed E-state index contributed by atoms with van der Waals surface area (Å²) in [7, 11) is 0. The van der Waals surface area contributed by atoms with Gasteiger partial charge in [0.15, 0.2) is 0 Å². The maximum Gasteiger partial charge on any atom is 0.328 e. The second-order valence-corrected chi connectivity index (χ2v) is 6.42. The van der Waals surface area contributed by atoms with Crippen LogP contribution >= 0.6 is 15.9 Å². The van der Waals surface area contributed by atoms with Gasteiger partial charge in [-0.2, -0.15) is 5.10 Å². The number of esters is 1. The Morgan fingerprint density at radius 3 is 2.71 bits per heavy atom. The van der Waals surface area contributed by atoms with Crippen LogP contribution < -0.4 is 0 Å². The van der Waals surface area contributed by atoms with Crippen molar-refractivity contribution in [1.29, 1.82) is 0 Å². The van der Waals surface area contributed by atoms with Crippen molar-refractivity contribution in [3.8, 4) is 0 Å². The van der Waals surface area contributed by atoms with Gasteiger partial charge in [-0.05, 0) is 26.8 Å². The number of carbonyl (C=O) groups excluding carboxylic acids is 1. The highest BCUT2D eigenvalue weighted by atomic mass is 79.9.